The Morgan fingerprint density at radius 1 is 1.43 bits per heavy atom. The van der Waals surface area contributed by atoms with Crippen LogP contribution in [0, 0.1) is 0 Å². The molecule has 0 bridgehead atoms. The van der Waals surface area contributed by atoms with Gasteiger partial charge in [-0.05, 0) is 23.8 Å². The maximum atomic E-state index is 10.3. The number of hydrogen-bond acceptors (Lipinski definition) is 2. The molecule has 0 saturated carbocycles. The van der Waals surface area contributed by atoms with E-state index in [4.69, 9.17) is 9.52 Å². The van der Waals surface area contributed by atoms with Crippen molar-refractivity contribution in [2.75, 3.05) is 0 Å². The molecule has 1 aromatic heterocycles. The minimum atomic E-state index is -1.02. The Morgan fingerprint density at radius 3 is 3.07 bits per heavy atom. The summed E-state index contributed by atoms with van der Waals surface area (Å²) in [6, 6.07) is 7.41. The van der Waals surface area contributed by atoms with Crippen LogP contribution in [0.25, 0.3) is 11.0 Å². The number of furan rings is 1. The standard InChI is InChI=1S/C10H9NO3/c12-10(13)11-6-7-1-2-9-8(5-7)3-4-14-9/h1-5,11H,6H2,(H,12,13). The highest BCUT2D eigenvalue weighted by molar-refractivity contribution is 5.77. The van der Waals surface area contributed by atoms with Gasteiger partial charge in [-0.25, -0.2) is 4.79 Å². The van der Waals surface area contributed by atoms with Gasteiger partial charge in [0, 0.05) is 11.9 Å². The minimum Gasteiger partial charge on any atom is -0.465 e. The quantitative estimate of drug-likeness (QED) is 0.764. The zero-order chi connectivity index (χ0) is 9.97. The van der Waals surface area contributed by atoms with Crippen LogP contribution in [-0.2, 0) is 6.54 Å². The van der Waals surface area contributed by atoms with Gasteiger partial charge in [0.1, 0.15) is 5.58 Å². The van der Waals surface area contributed by atoms with Crippen molar-refractivity contribution in [3.8, 4) is 0 Å². The van der Waals surface area contributed by atoms with Crippen LogP contribution in [0.1, 0.15) is 5.56 Å². The molecule has 0 unspecified atom stereocenters. The summed E-state index contributed by atoms with van der Waals surface area (Å²) < 4.78 is 5.16. The van der Waals surface area contributed by atoms with E-state index in [1.165, 1.54) is 0 Å². The van der Waals surface area contributed by atoms with Gasteiger partial charge in [-0.3, -0.25) is 0 Å². The van der Waals surface area contributed by atoms with E-state index in [0.717, 1.165) is 16.5 Å². The largest absolute Gasteiger partial charge is 0.465 e. The van der Waals surface area contributed by atoms with Crippen LogP contribution in [0.2, 0.25) is 0 Å². The van der Waals surface area contributed by atoms with E-state index in [-0.39, 0.29) is 0 Å². The topological polar surface area (TPSA) is 62.5 Å². The molecule has 0 fully saturated rings. The van der Waals surface area contributed by atoms with Gasteiger partial charge < -0.3 is 14.8 Å². The molecule has 0 atom stereocenters. The lowest BCUT2D eigenvalue weighted by atomic mass is 10.1. The van der Waals surface area contributed by atoms with E-state index in [9.17, 15) is 4.79 Å². The molecule has 1 amide bonds. The Morgan fingerprint density at radius 2 is 2.29 bits per heavy atom. The van der Waals surface area contributed by atoms with E-state index in [1.54, 1.807) is 6.26 Å². The highest BCUT2D eigenvalue weighted by Gasteiger charge is 2.00. The molecule has 2 rings (SSSR count). The second kappa shape index (κ2) is 3.41. The molecule has 4 heteroatoms. The van der Waals surface area contributed by atoms with Crippen LogP contribution in [0.5, 0.6) is 0 Å². The van der Waals surface area contributed by atoms with Gasteiger partial charge in [-0.2, -0.15) is 0 Å². The molecule has 1 heterocycles. The molecule has 0 aliphatic heterocycles. The number of nitrogens with one attached hydrogen (secondary N) is 1. The van der Waals surface area contributed by atoms with Crippen LogP contribution in [0.15, 0.2) is 34.9 Å². The fraction of sp³-hybridized carbons (Fsp3) is 0.100. The number of fused-ring (bicyclic) bond motifs is 1. The Balaban J connectivity index is 2.21. The average Bonchev–Trinajstić information content (AvgIpc) is 2.61. The molecular weight excluding hydrogens is 182 g/mol. The van der Waals surface area contributed by atoms with Crippen molar-refractivity contribution < 1.29 is 14.3 Å². The highest BCUT2D eigenvalue weighted by atomic mass is 16.4. The van der Waals surface area contributed by atoms with E-state index in [1.807, 2.05) is 24.3 Å². The van der Waals surface area contributed by atoms with Crippen LogP contribution in [0.4, 0.5) is 4.79 Å². The van der Waals surface area contributed by atoms with Crippen molar-refractivity contribution in [2.45, 2.75) is 6.54 Å². The van der Waals surface area contributed by atoms with E-state index >= 15 is 0 Å². The number of rotatable bonds is 2. The summed E-state index contributed by atoms with van der Waals surface area (Å²) in [5.41, 5.74) is 1.73. The maximum absolute atomic E-state index is 10.3. The molecule has 2 aromatic rings. The van der Waals surface area contributed by atoms with Gasteiger partial charge in [0.25, 0.3) is 0 Å². The lowest BCUT2D eigenvalue weighted by Crippen LogP contribution is -2.19. The molecule has 2 N–H and O–H groups in total. The Kier molecular flexibility index (Phi) is 2.10. The molecular formula is C10H9NO3. The second-order valence-electron chi connectivity index (χ2n) is 2.95. The average molecular weight is 191 g/mol. The highest BCUT2D eigenvalue weighted by Crippen LogP contribution is 2.16. The first-order valence-corrected chi connectivity index (χ1v) is 4.18. The molecule has 72 valence electrons. The van der Waals surface area contributed by atoms with Crippen LogP contribution in [-0.4, -0.2) is 11.2 Å². The molecule has 0 radical (unpaired) electrons. The zero-order valence-corrected chi connectivity index (χ0v) is 7.36. The van der Waals surface area contributed by atoms with Crippen molar-refractivity contribution in [3.63, 3.8) is 0 Å². The van der Waals surface area contributed by atoms with Crippen molar-refractivity contribution >= 4 is 17.1 Å². The van der Waals surface area contributed by atoms with Crippen LogP contribution < -0.4 is 5.32 Å². The fourth-order valence-corrected chi connectivity index (χ4v) is 1.30. The third kappa shape index (κ3) is 1.69. The molecule has 0 spiro atoms. The number of benzene rings is 1. The number of carbonyl (C=O) groups is 1. The molecule has 0 aliphatic rings. The van der Waals surface area contributed by atoms with Gasteiger partial charge in [-0.1, -0.05) is 6.07 Å². The van der Waals surface area contributed by atoms with Gasteiger partial charge in [0.2, 0.25) is 0 Å². The third-order valence-electron chi connectivity index (χ3n) is 1.96. The first-order valence-electron chi connectivity index (χ1n) is 4.18. The first-order chi connectivity index (χ1) is 6.75. The molecule has 4 nitrogen and oxygen atoms in total. The summed E-state index contributed by atoms with van der Waals surface area (Å²) in [5, 5.41) is 11.7. The number of amides is 1. The summed E-state index contributed by atoms with van der Waals surface area (Å²) in [5.74, 6) is 0. The summed E-state index contributed by atoms with van der Waals surface area (Å²) in [7, 11) is 0. The summed E-state index contributed by atoms with van der Waals surface area (Å²) in [6.45, 7) is 0.316. The van der Waals surface area contributed by atoms with Crippen molar-refractivity contribution in [1.82, 2.24) is 5.32 Å². The Hall–Kier alpha value is -1.97. The lowest BCUT2D eigenvalue weighted by molar-refractivity contribution is 0.194. The minimum absolute atomic E-state index is 0.316. The van der Waals surface area contributed by atoms with Gasteiger partial charge in [0.05, 0.1) is 6.26 Å². The molecule has 0 saturated heterocycles. The molecule has 14 heavy (non-hydrogen) atoms. The number of carboxylic acid groups (broad SMARTS) is 1. The third-order valence-corrected chi connectivity index (χ3v) is 1.96. The zero-order valence-electron chi connectivity index (χ0n) is 7.36. The number of hydrogen-bond donors (Lipinski definition) is 2. The first kappa shape index (κ1) is 8.62. The SMILES string of the molecule is O=C(O)NCc1ccc2occc2c1. The molecule has 0 aliphatic carbocycles. The van der Waals surface area contributed by atoms with Gasteiger partial charge >= 0.3 is 6.09 Å². The van der Waals surface area contributed by atoms with Crippen LogP contribution >= 0.6 is 0 Å². The monoisotopic (exact) mass is 191 g/mol. The van der Waals surface area contributed by atoms with E-state index in [2.05, 4.69) is 5.32 Å². The van der Waals surface area contributed by atoms with Crippen molar-refractivity contribution in [3.05, 3.63) is 36.1 Å². The van der Waals surface area contributed by atoms with E-state index in [0.29, 0.717) is 6.54 Å². The van der Waals surface area contributed by atoms with Crippen molar-refractivity contribution in [2.24, 2.45) is 0 Å². The van der Waals surface area contributed by atoms with Crippen molar-refractivity contribution in [1.29, 1.82) is 0 Å². The fourth-order valence-electron chi connectivity index (χ4n) is 1.30. The van der Waals surface area contributed by atoms with Gasteiger partial charge in [0.15, 0.2) is 0 Å². The predicted octanol–water partition coefficient (Wildman–Crippen LogP) is 2.20. The normalized spacial score (nSPS) is 10.3. The summed E-state index contributed by atoms with van der Waals surface area (Å²) in [6.07, 6.45) is 0.594. The second-order valence-corrected chi connectivity index (χ2v) is 2.95. The molecule has 1 aromatic carbocycles. The summed E-state index contributed by atoms with van der Waals surface area (Å²) in [4.78, 5) is 10.3. The smallest absolute Gasteiger partial charge is 0.404 e. The van der Waals surface area contributed by atoms with E-state index < -0.39 is 6.09 Å². The predicted molar refractivity (Wildman–Crippen MR) is 51.1 cm³/mol. The summed E-state index contributed by atoms with van der Waals surface area (Å²) >= 11 is 0. The lowest BCUT2D eigenvalue weighted by Gasteiger charge is -2.00. The van der Waals surface area contributed by atoms with Gasteiger partial charge in [-0.15, -0.1) is 0 Å². The Labute approximate surface area is 80.1 Å². The van der Waals surface area contributed by atoms with Crippen LogP contribution in [0.3, 0.4) is 0 Å². The maximum Gasteiger partial charge on any atom is 0.404 e. The Bertz CT molecular complexity index is 461.